The molecule has 0 bridgehead atoms. The SMILES string of the molecule is c1cnc(Nc2csc(-c3cn[nH]c3)n2)nc1. The Balaban J connectivity index is 1.82. The molecule has 3 aromatic rings. The van der Waals surface area contributed by atoms with Crippen molar-refractivity contribution in [2.45, 2.75) is 0 Å². The average Bonchev–Trinajstić information content (AvgIpc) is 3.00. The Bertz CT molecular complexity index is 588. The second kappa shape index (κ2) is 4.30. The Kier molecular flexibility index (Phi) is 2.51. The van der Waals surface area contributed by atoms with E-state index in [0.29, 0.717) is 5.95 Å². The molecule has 6 nitrogen and oxygen atoms in total. The van der Waals surface area contributed by atoms with Gasteiger partial charge >= 0.3 is 0 Å². The number of hydrogen-bond donors (Lipinski definition) is 2. The molecular weight excluding hydrogens is 236 g/mol. The highest BCUT2D eigenvalue weighted by Crippen LogP contribution is 2.25. The molecule has 2 N–H and O–H groups in total. The first kappa shape index (κ1) is 9.91. The molecule has 0 saturated carbocycles. The summed E-state index contributed by atoms with van der Waals surface area (Å²) < 4.78 is 0. The van der Waals surface area contributed by atoms with Crippen LogP contribution in [0.5, 0.6) is 0 Å². The molecule has 3 aromatic heterocycles. The third-order valence-corrected chi connectivity index (χ3v) is 2.95. The van der Waals surface area contributed by atoms with E-state index in [4.69, 9.17) is 0 Å². The van der Waals surface area contributed by atoms with Crippen molar-refractivity contribution in [1.82, 2.24) is 25.1 Å². The number of rotatable bonds is 3. The molecule has 0 aliphatic carbocycles. The molecule has 0 atom stereocenters. The van der Waals surface area contributed by atoms with E-state index in [-0.39, 0.29) is 0 Å². The molecule has 7 heteroatoms. The van der Waals surface area contributed by atoms with Gasteiger partial charge in [-0.05, 0) is 6.07 Å². The van der Waals surface area contributed by atoms with Gasteiger partial charge in [-0.1, -0.05) is 0 Å². The zero-order chi connectivity index (χ0) is 11.5. The molecular formula is C10H8N6S. The van der Waals surface area contributed by atoms with Gasteiger partial charge in [0.25, 0.3) is 0 Å². The lowest BCUT2D eigenvalue weighted by atomic mass is 10.4. The van der Waals surface area contributed by atoms with Crippen molar-refractivity contribution in [3.63, 3.8) is 0 Å². The maximum atomic E-state index is 4.42. The lowest BCUT2D eigenvalue weighted by Crippen LogP contribution is -1.95. The second-order valence-corrected chi connectivity index (χ2v) is 4.08. The summed E-state index contributed by atoms with van der Waals surface area (Å²) >= 11 is 1.54. The highest BCUT2D eigenvalue weighted by atomic mass is 32.1. The smallest absolute Gasteiger partial charge is 0.228 e. The highest BCUT2D eigenvalue weighted by Gasteiger charge is 2.06. The minimum Gasteiger partial charge on any atom is -0.308 e. The number of nitrogens with zero attached hydrogens (tertiary/aromatic N) is 4. The van der Waals surface area contributed by atoms with Crippen molar-refractivity contribution in [3.05, 3.63) is 36.2 Å². The van der Waals surface area contributed by atoms with Crippen molar-refractivity contribution in [2.24, 2.45) is 0 Å². The van der Waals surface area contributed by atoms with Crippen LogP contribution in [0.1, 0.15) is 0 Å². The zero-order valence-corrected chi connectivity index (χ0v) is 9.48. The number of aromatic nitrogens is 5. The van der Waals surface area contributed by atoms with Crippen LogP contribution in [0.25, 0.3) is 10.6 Å². The van der Waals surface area contributed by atoms with Crippen LogP contribution in [-0.2, 0) is 0 Å². The fraction of sp³-hybridized carbons (Fsp3) is 0. The minimum atomic E-state index is 0.538. The number of H-pyrrole nitrogens is 1. The highest BCUT2D eigenvalue weighted by molar-refractivity contribution is 7.13. The van der Waals surface area contributed by atoms with Gasteiger partial charge < -0.3 is 5.32 Å². The van der Waals surface area contributed by atoms with Gasteiger partial charge in [-0.2, -0.15) is 5.10 Å². The number of aromatic amines is 1. The lowest BCUT2D eigenvalue weighted by molar-refractivity contribution is 1.09. The number of thiazole rings is 1. The number of nitrogens with one attached hydrogen (secondary N) is 2. The van der Waals surface area contributed by atoms with E-state index in [1.165, 1.54) is 11.3 Å². The number of hydrogen-bond acceptors (Lipinski definition) is 6. The molecule has 0 amide bonds. The summed E-state index contributed by atoms with van der Waals surface area (Å²) in [5, 5.41) is 12.5. The lowest BCUT2D eigenvalue weighted by Gasteiger charge is -1.98. The van der Waals surface area contributed by atoms with Crippen molar-refractivity contribution in [2.75, 3.05) is 5.32 Å². The molecule has 3 heterocycles. The van der Waals surface area contributed by atoms with Crippen LogP contribution in [-0.4, -0.2) is 25.1 Å². The second-order valence-electron chi connectivity index (χ2n) is 3.22. The van der Waals surface area contributed by atoms with E-state index in [1.54, 1.807) is 24.7 Å². The third-order valence-electron chi connectivity index (χ3n) is 2.06. The molecule has 0 unspecified atom stereocenters. The first-order valence-electron chi connectivity index (χ1n) is 4.90. The van der Waals surface area contributed by atoms with Crippen LogP contribution in [0.3, 0.4) is 0 Å². The maximum absolute atomic E-state index is 4.42. The van der Waals surface area contributed by atoms with Crippen LogP contribution < -0.4 is 5.32 Å². The molecule has 0 aromatic carbocycles. The minimum absolute atomic E-state index is 0.538. The van der Waals surface area contributed by atoms with Crippen molar-refractivity contribution >= 4 is 23.1 Å². The zero-order valence-electron chi connectivity index (χ0n) is 8.66. The summed E-state index contributed by atoms with van der Waals surface area (Å²) in [6.07, 6.45) is 6.90. The summed E-state index contributed by atoms with van der Waals surface area (Å²) in [5.74, 6) is 1.27. The third kappa shape index (κ3) is 2.13. The average molecular weight is 244 g/mol. The Morgan fingerprint density at radius 1 is 1.24 bits per heavy atom. The quantitative estimate of drug-likeness (QED) is 0.737. The molecule has 0 aliphatic heterocycles. The van der Waals surface area contributed by atoms with Crippen molar-refractivity contribution in [1.29, 1.82) is 0 Å². The Morgan fingerprint density at radius 3 is 2.88 bits per heavy atom. The van der Waals surface area contributed by atoms with E-state index in [1.807, 2.05) is 11.6 Å². The molecule has 0 saturated heterocycles. The van der Waals surface area contributed by atoms with Gasteiger partial charge in [-0.15, -0.1) is 11.3 Å². The van der Waals surface area contributed by atoms with Gasteiger partial charge in [0.1, 0.15) is 10.8 Å². The van der Waals surface area contributed by atoms with E-state index < -0.39 is 0 Å². The van der Waals surface area contributed by atoms with Crippen LogP contribution in [0.2, 0.25) is 0 Å². The first-order valence-corrected chi connectivity index (χ1v) is 5.78. The molecule has 17 heavy (non-hydrogen) atoms. The van der Waals surface area contributed by atoms with Gasteiger partial charge in [0, 0.05) is 29.5 Å². The first-order chi connectivity index (χ1) is 8.42. The maximum Gasteiger partial charge on any atom is 0.228 e. The van der Waals surface area contributed by atoms with Crippen LogP contribution in [0, 0.1) is 0 Å². The Hall–Kier alpha value is -2.28. The standard InChI is InChI=1S/C10H8N6S/c1-2-11-10(12-3-1)16-8-6-17-9(15-8)7-4-13-14-5-7/h1-6H,(H,13,14)(H,11,12,16). The number of anilines is 2. The van der Waals surface area contributed by atoms with Crippen molar-refractivity contribution < 1.29 is 0 Å². The Labute approximate surface area is 101 Å². The summed E-state index contributed by atoms with van der Waals surface area (Å²) in [4.78, 5) is 12.6. The summed E-state index contributed by atoms with van der Waals surface area (Å²) in [7, 11) is 0. The van der Waals surface area contributed by atoms with E-state index in [0.717, 1.165) is 16.4 Å². The van der Waals surface area contributed by atoms with Gasteiger partial charge in [0.2, 0.25) is 5.95 Å². The molecule has 0 fully saturated rings. The van der Waals surface area contributed by atoms with E-state index in [9.17, 15) is 0 Å². The fourth-order valence-electron chi connectivity index (χ4n) is 1.31. The molecule has 0 aliphatic rings. The summed E-state index contributed by atoms with van der Waals surface area (Å²) in [5.41, 5.74) is 0.969. The van der Waals surface area contributed by atoms with Gasteiger partial charge in [0.15, 0.2) is 0 Å². The Morgan fingerprint density at radius 2 is 2.12 bits per heavy atom. The van der Waals surface area contributed by atoms with Crippen LogP contribution in [0.4, 0.5) is 11.8 Å². The predicted molar refractivity (Wildman–Crippen MR) is 65.0 cm³/mol. The normalized spacial score (nSPS) is 10.4. The van der Waals surface area contributed by atoms with E-state index in [2.05, 4.69) is 30.5 Å². The van der Waals surface area contributed by atoms with Gasteiger partial charge in [-0.25, -0.2) is 15.0 Å². The van der Waals surface area contributed by atoms with E-state index >= 15 is 0 Å². The van der Waals surface area contributed by atoms with Gasteiger partial charge in [-0.3, -0.25) is 5.10 Å². The largest absolute Gasteiger partial charge is 0.308 e. The molecule has 3 rings (SSSR count). The monoisotopic (exact) mass is 244 g/mol. The van der Waals surface area contributed by atoms with Crippen LogP contribution in [0.15, 0.2) is 36.2 Å². The topological polar surface area (TPSA) is 79.4 Å². The van der Waals surface area contributed by atoms with Crippen LogP contribution >= 0.6 is 11.3 Å². The summed E-state index contributed by atoms with van der Waals surface area (Å²) in [6, 6.07) is 1.77. The van der Waals surface area contributed by atoms with Gasteiger partial charge in [0.05, 0.1) is 6.20 Å². The molecule has 0 spiro atoms. The summed E-state index contributed by atoms with van der Waals surface area (Å²) in [6.45, 7) is 0. The molecule has 84 valence electrons. The predicted octanol–water partition coefficient (Wildman–Crippen LogP) is 2.07. The molecule has 0 radical (unpaired) electrons. The van der Waals surface area contributed by atoms with Crippen molar-refractivity contribution in [3.8, 4) is 10.6 Å². The fourth-order valence-corrected chi connectivity index (χ4v) is 2.04.